The average molecular weight is 599 g/mol. The molecule has 1 fully saturated rings. The smallest absolute Gasteiger partial charge is 0.335 e. The van der Waals surface area contributed by atoms with Crippen LogP contribution in [0.3, 0.4) is 0 Å². The number of likely N-dealkylation sites (N-methyl/N-ethyl adjacent to an activating group) is 1. The number of carboxylic acids is 1. The molecular formula is C36H43FN4O3. The zero-order valence-corrected chi connectivity index (χ0v) is 25.8. The van der Waals surface area contributed by atoms with E-state index in [0.29, 0.717) is 19.6 Å². The van der Waals surface area contributed by atoms with Crippen LogP contribution in [0.1, 0.15) is 72.6 Å². The summed E-state index contributed by atoms with van der Waals surface area (Å²) in [5, 5.41) is 10.8. The molecule has 0 amide bonds. The molecule has 0 spiro atoms. The van der Waals surface area contributed by atoms with Crippen LogP contribution in [0.2, 0.25) is 0 Å². The number of hydrogen-bond donors (Lipinski definition) is 1. The first kappa shape index (κ1) is 30.3. The fourth-order valence-corrected chi connectivity index (χ4v) is 7.06. The van der Waals surface area contributed by atoms with Gasteiger partial charge in [0.1, 0.15) is 18.5 Å². The van der Waals surface area contributed by atoms with Crippen LogP contribution in [0.4, 0.5) is 4.39 Å². The van der Waals surface area contributed by atoms with Gasteiger partial charge in [-0.3, -0.25) is 9.88 Å². The Balaban J connectivity index is 1.48. The van der Waals surface area contributed by atoms with Crippen molar-refractivity contribution >= 4 is 16.9 Å². The normalized spacial score (nSPS) is 18.9. The number of ether oxygens (including phenoxy) is 1. The number of fused-ring (bicyclic) bond motifs is 5. The van der Waals surface area contributed by atoms with Crippen molar-refractivity contribution in [3.05, 3.63) is 83.2 Å². The van der Waals surface area contributed by atoms with E-state index in [2.05, 4.69) is 45.3 Å². The van der Waals surface area contributed by atoms with Crippen LogP contribution < -0.4 is 4.74 Å². The average Bonchev–Trinajstić information content (AvgIpc) is 3.35. The summed E-state index contributed by atoms with van der Waals surface area (Å²) < 4.78 is 24.3. The van der Waals surface area contributed by atoms with Gasteiger partial charge in [0.15, 0.2) is 0 Å². The molecule has 2 aromatic carbocycles. The SMILES string of the molecule is CCN(CC)CCN1CCn2c(c([C@@H]3CCCC[C@H]3F)c3ccc(C(=O)O)cc32)-c2ccc(OCc3ccccn3)cc2C1. The van der Waals surface area contributed by atoms with E-state index >= 15 is 4.39 Å². The molecule has 2 atom stereocenters. The minimum atomic E-state index is -0.952. The Hall–Kier alpha value is -3.75. The second kappa shape index (κ2) is 13.5. The van der Waals surface area contributed by atoms with E-state index in [1.54, 1.807) is 18.3 Å². The van der Waals surface area contributed by atoms with E-state index in [1.165, 1.54) is 0 Å². The maximum absolute atomic E-state index is 15.8. The highest BCUT2D eigenvalue weighted by Gasteiger charge is 2.34. The summed E-state index contributed by atoms with van der Waals surface area (Å²) in [6.07, 6.45) is 4.12. The zero-order valence-electron chi connectivity index (χ0n) is 25.8. The third-order valence-electron chi connectivity index (χ3n) is 9.51. The second-order valence-corrected chi connectivity index (χ2v) is 12.1. The minimum Gasteiger partial charge on any atom is -0.487 e. The first-order valence-corrected chi connectivity index (χ1v) is 16.1. The monoisotopic (exact) mass is 598 g/mol. The van der Waals surface area contributed by atoms with Crippen molar-refractivity contribution in [1.29, 1.82) is 0 Å². The fourth-order valence-electron chi connectivity index (χ4n) is 7.06. The van der Waals surface area contributed by atoms with E-state index in [-0.39, 0.29) is 11.5 Å². The van der Waals surface area contributed by atoms with Crippen LogP contribution in [0.25, 0.3) is 22.2 Å². The van der Waals surface area contributed by atoms with Gasteiger partial charge in [0.25, 0.3) is 0 Å². The molecule has 1 N–H and O–H groups in total. The van der Waals surface area contributed by atoms with Crippen molar-refractivity contribution in [3.8, 4) is 17.0 Å². The Bertz CT molecular complexity index is 1600. The van der Waals surface area contributed by atoms with Crippen molar-refractivity contribution in [2.75, 3.05) is 32.7 Å². The van der Waals surface area contributed by atoms with Gasteiger partial charge >= 0.3 is 5.97 Å². The summed E-state index contributed by atoms with van der Waals surface area (Å²) in [4.78, 5) is 21.4. The van der Waals surface area contributed by atoms with E-state index in [0.717, 1.165) is 103 Å². The van der Waals surface area contributed by atoms with Crippen LogP contribution in [0.5, 0.6) is 5.75 Å². The molecule has 0 saturated heterocycles. The molecule has 0 bridgehead atoms. The summed E-state index contributed by atoms with van der Waals surface area (Å²) in [6.45, 7) is 10.9. The summed E-state index contributed by atoms with van der Waals surface area (Å²) in [7, 11) is 0. The largest absolute Gasteiger partial charge is 0.487 e. The Morgan fingerprint density at radius 1 is 1.07 bits per heavy atom. The lowest BCUT2D eigenvalue weighted by Crippen LogP contribution is -2.37. The molecule has 0 unspecified atom stereocenters. The molecule has 232 valence electrons. The maximum atomic E-state index is 15.8. The molecule has 3 heterocycles. The lowest BCUT2D eigenvalue weighted by Gasteiger charge is -2.32. The third kappa shape index (κ3) is 6.24. The van der Waals surface area contributed by atoms with E-state index in [1.807, 2.05) is 30.3 Å². The number of hydrogen-bond acceptors (Lipinski definition) is 5. The van der Waals surface area contributed by atoms with Crippen LogP contribution in [0.15, 0.2) is 60.8 Å². The highest BCUT2D eigenvalue weighted by molar-refractivity contribution is 5.98. The quantitative estimate of drug-likeness (QED) is 0.209. The standard InChI is InChI=1S/C36H43FN4O3/c1-3-39(4-2)17-18-40-19-20-41-33-22-25(36(42)43)12-14-31(33)34(30-10-5-6-11-32(30)37)35(41)29-15-13-28(21-26(29)23-40)44-24-27-9-7-8-16-38-27/h7-9,12-16,21-22,30,32H,3-6,10-11,17-20,23-24H2,1-2H3,(H,42,43)/t30-,32-/m1/s1. The molecule has 1 saturated carbocycles. The van der Waals surface area contributed by atoms with Gasteiger partial charge < -0.3 is 19.3 Å². The number of nitrogens with zero attached hydrogens (tertiary/aromatic N) is 4. The summed E-state index contributed by atoms with van der Waals surface area (Å²) in [5.41, 5.74) is 6.27. The van der Waals surface area contributed by atoms with E-state index in [9.17, 15) is 9.90 Å². The molecular weight excluding hydrogens is 555 g/mol. The van der Waals surface area contributed by atoms with Crippen molar-refractivity contribution in [3.63, 3.8) is 0 Å². The molecule has 4 aromatic rings. The second-order valence-electron chi connectivity index (χ2n) is 12.1. The number of aromatic carboxylic acids is 1. The lowest BCUT2D eigenvalue weighted by molar-refractivity contribution is 0.0697. The number of pyridine rings is 1. The number of aromatic nitrogens is 2. The van der Waals surface area contributed by atoms with Crippen molar-refractivity contribution in [1.82, 2.24) is 19.4 Å². The number of benzene rings is 2. The number of carboxylic acid groups (broad SMARTS) is 1. The molecule has 44 heavy (non-hydrogen) atoms. The van der Waals surface area contributed by atoms with E-state index < -0.39 is 12.1 Å². The number of carbonyl (C=O) groups is 1. The maximum Gasteiger partial charge on any atom is 0.335 e. The van der Waals surface area contributed by atoms with Gasteiger partial charge in [-0.25, -0.2) is 9.18 Å². The highest BCUT2D eigenvalue weighted by Crippen LogP contribution is 2.47. The Labute approximate surface area is 259 Å². The van der Waals surface area contributed by atoms with Crippen molar-refractivity contribution in [2.45, 2.75) is 71.3 Å². The molecule has 1 aliphatic carbocycles. The summed E-state index contributed by atoms with van der Waals surface area (Å²) in [6, 6.07) is 17.4. The molecule has 2 aromatic heterocycles. The van der Waals surface area contributed by atoms with E-state index in [4.69, 9.17) is 4.74 Å². The summed E-state index contributed by atoms with van der Waals surface area (Å²) >= 11 is 0. The van der Waals surface area contributed by atoms with Crippen molar-refractivity contribution in [2.24, 2.45) is 0 Å². The Morgan fingerprint density at radius 2 is 1.91 bits per heavy atom. The predicted molar refractivity (Wildman–Crippen MR) is 172 cm³/mol. The van der Waals surface area contributed by atoms with Gasteiger partial charge in [-0.05, 0) is 79.5 Å². The summed E-state index contributed by atoms with van der Waals surface area (Å²) in [5.74, 6) is -0.395. The highest BCUT2D eigenvalue weighted by atomic mass is 19.1. The van der Waals surface area contributed by atoms with Gasteiger partial charge in [-0.1, -0.05) is 38.8 Å². The minimum absolute atomic E-state index is 0.218. The molecule has 8 heteroatoms. The number of halogens is 1. The lowest BCUT2D eigenvalue weighted by atomic mass is 9.80. The van der Waals surface area contributed by atoms with Crippen LogP contribution >= 0.6 is 0 Å². The molecule has 1 aliphatic heterocycles. The van der Waals surface area contributed by atoms with Gasteiger partial charge in [0, 0.05) is 61.3 Å². The predicted octanol–water partition coefficient (Wildman–Crippen LogP) is 7.13. The van der Waals surface area contributed by atoms with Gasteiger partial charge in [-0.15, -0.1) is 0 Å². The molecule has 6 rings (SSSR count). The van der Waals surface area contributed by atoms with Crippen LogP contribution in [-0.4, -0.2) is 69.3 Å². The van der Waals surface area contributed by atoms with Gasteiger partial charge in [-0.2, -0.15) is 0 Å². The fraction of sp³-hybridized carbons (Fsp3) is 0.444. The topological polar surface area (TPSA) is 70.8 Å². The van der Waals surface area contributed by atoms with Gasteiger partial charge in [0.2, 0.25) is 0 Å². The third-order valence-corrected chi connectivity index (χ3v) is 9.51. The number of rotatable bonds is 10. The van der Waals surface area contributed by atoms with Gasteiger partial charge in [0.05, 0.1) is 17.0 Å². The van der Waals surface area contributed by atoms with Crippen molar-refractivity contribution < 1.29 is 19.0 Å². The van der Waals surface area contributed by atoms with Crippen LogP contribution in [-0.2, 0) is 19.7 Å². The first-order chi connectivity index (χ1) is 21.5. The zero-order chi connectivity index (χ0) is 30.6. The Kier molecular flexibility index (Phi) is 9.28. The molecule has 0 radical (unpaired) electrons. The first-order valence-electron chi connectivity index (χ1n) is 16.1. The molecule has 2 aliphatic rings. The van der Waals surface area contributed by atoms with Crippen LogP contribution in [0, 0.1) is 0 Å². The Morgan fingerprint density at radius 3 is 2.66 bits per heavy atom. The number of alkyl halides is 1. The molecule has 7 nitrogen and oxygen atoms in total.